The van der Waals surface area contributed by atoms with Crippen molar-refractivity contribution in [2.45, 2.75) is 18.3 Å². The van der Waals surface area contributed by atoms with Gasteiger partial charge in [0.2, 0.25) is 0 Å². The highest BCUT2D eigenvalue weighted by Crippen LogP contribution is 2.53. The Hall–Kier alpha value is -1.15. The molecule has 0 aromatic heterocycles. The Morgan fingerprint density at radius 3 is 2.50 bits per heavy atom. The molecule has 1 fully saturated rings. The second-order valence-corrected chi connectivity index (χ2v) is 4.10. The lowest BCUT2D eigenvalue weighted by Gasteiger charge is -2.14. The average Bonchev–Trinajstić information content (AvgIpc) is 2.90. The van der Waals surface area contributed by atoms with Crippen LogP contribution < -0.4 is 0 Å². The van der Waals surface area contributed by atoms with Gasteiger partial charge in [0, 0.05) is 0 Å². The minimum atomic E-state index is -0.331. The Labute approximate surface area is 87.5 Å². The molecule has 0 saturated heterocycles. The van der Waals surface area contributed by atoms with Crippen molar-refractivity contribution < 1.29 is 10.2 Å². The molecular weight excluding hydrogens is 200 g/mol. The smallest absolute Gasteiger partial charge is 0.134 e. The van der Waals surface area contributed by atoms with E-state index in [2.05, 4.69) is 6.58 Å². The molecule has 1 aliphatic carbocycles. The van der Waals surface area contributed by atoms with Gasteiger partial charge >= 0.3 is 0 Å². The van der Waals surface area contributed by atoms with Gasteiger partial charge in [0.25, 0.3) is 0 Å². The number of allylic oxidation sites excluding steroid dienone is 1. The summed E-state index contributed by atoms with van der Waals surface area (Å²) in [5.41, 5.74) is 0.550. The van der Waals surface area contributed by atoms with E-state index in [1.165, 1.54) is 0 Å². The molecule has 2 nitrogen and oxygen atoms in total. The van der Waals surface area contributed by atoms with Gasteiger partial charge in [0.1, 0.15) is 5.75 Å². The van der Waals surface area contributed by atoms with Crippen LogP contribution in [0.1, 0.15) is 18.4 Å². The number of rotatable bonds is 2. The van der Waals surface area contributed by atoms with Gasteiger partial charge in [0.05, 0.1) is 16.2 Å². The zero-order valence-corrected chi connectivity index (χ0v) is 8.38. The summed E-state index contributed by atoms with van der Waals surface area (Å²) >= 11 is 5.70. The predicted molar refractivity (Wildman–Crippen MR) is 55.8 cm³/mol. The Morgan fingerprint density at radius 1 is 1.43 bits per heavy atom. The number of aromatic hydroxyl groups is 1. The topological polar surface area (TPSA) is 40.5 Å². The lowest BCUT2D eigenvalue weighted by molar-refractivity contribution is 0.361. The first-order valence-electron chi connectivity index (χ1n) is 4.43. The van der Waals surface area contributed by atoms with Crippen LogP contribution in [-0.4, -0.2) is 10.2 Å². The van der Waals surface area contributed by atoms with E-state index in [0.717, 1.165) is 18.4 Å². The lowest BCUT2D eigenvalue weighted by Crippen LogP contribution is -2.08. The monoisotopic (exact) mass is 210 g/mol. The van der Waals surface area contributed by atoms with Crippen LogP contribution in [0.5, 0.6) is 5.75 Å². The van der Waals surface area contributed by atoms with Crippen LogP contribution in [0.3, 0.4) is 0 Å². The maximum atomic E-state index is 9.45. The van der Waals surface area contributed by atoms with Crippen LogP contribution in [0.2, 0.25) is 5.02 Å². The van der Waals surface area contributed by atoms with E-state index in [1.54, 1.807) is 12.1 Å². The summed E-state index contributed by atoms with van der Waals surface area (Å²) in [4.78, 5) is 0. The van der Waals surface area contributed by atoms with Crippen molar-refractivity contribution in [2.75, 3.05) is 0 Å². The van der Waals surface area contributed by atoms with E-state index in [1.807, 2.05) is 6.07 Å². The fraction of sp³-hybridized carbons (Fsp3) is 0.273. The second-order valence-electron chi connectivity index (χ2n) is 3.69. The number of hydrogen-bond acceptors (Lipinski definition) is 2. The van der Waals surface area contributed by atoms with Crippen molar-refractivity contribution in [1.29, 1.82) is 0 Å². The quantitative estimate of drug-likeness (QED) is 0.737. The normalized spacial score (nSPS) is 17.8. The van der Waals surface area contributed by atoms with Crippen LogP contribution in [0.25, 0.3) is 0 Å². The molecule has 0 atom stereocenters. The molecule has 0 unspecified atom stereocenters. The van der Waals surface area contributed by atoms with E-state index < -0.39 is 0 Å². The SMILES string of the molecule is C=C(O)C1(c2ccc(Cl)c(O)c2)CC1. The van der Waals surface area contributed by atoms with Crippen LogP contribution in [0.15, 0.2) is 30.5 Å². The van der Waals surface area contributed by atoms with E-state index in [0.29, 0.717) is 5.02 Å². The maximum Gasteiger partial charge on any atom is 0.134 e. The minimum Gasteiger partial charge on any atom is -0.512 e. The number of phenols is 1. The third-order valence-corrected chi connectivity index (χ3v) is 3.12. The molecule has 2 rings (SSSR count). The van der Waals surface area contributed by atoms with Gasteiger partial charge in [-0.05, 0) is 30.5 Å². The summed E-state index contributed by atoms with van der Waals surface area (Å²) < 4.78 is 0. The first-order chi connectivity index (χ1) is 6.56. The largest absolute Gasteiger partial charge is 0.512 e. The Morgan fingerprint density at radius 2 is 2.07 bits per heavy atom. The van der Waals surface area contributed by atoms with Crippen molar-refractivity contribution >= 4 is 11.6 Å². The van der Waals surface area contributed by atoms with Gasteiger partial charge in [-0.2, -0.15) is 0 Å². The van der Waals surface area contributed by atoms with Gasteiger partial charge in [0.15, 0.2) is 0 Å². The van der Waals surface area contributed by atoms with E-state index in [-0.39, 0.29) is 16.9 Å². The third-order valence-electron chi connectivity index (χ3n) is 2.80. The Balaban J connectivity index is 2.43. The van der Waals surface area contributed by atoms with Crippen molar-refractivity contribution in [2.24, 2.45) is 0 Å². The number of benzene rings is 1. The molecule has 1 aliphatic rings. The van der Waals surface area contributed by atoms with Crippen molar-refractivity contribution in [3.05, 3.63) is 41.1 Å². The molecule has 1 aromatic carbocycles. The number of phenolic OH excluding ortho intramolecular Hbond substituents is 1. The summed E-state index contributed by atoms with van der Waals surface area (Å²) in [5.74, 6) is 0.218. The maximum absolute atomic E-state index is 9.45. The molecule has 0 spiro atoms. The van der Waals surface area contributed by atoms with Gasteiger partial charge in [-0.1, -0.05) is 24.2 Å². The van der Waals surface area contributed by atoms with Crippen LogP contribution in [0.4, 0.5) is 0 Å². The molecule has 14 heavy (non-hydrogen) atoms. The minimum absolute atomic E-state index is 0.0525. The molecule has 2 N–H and O–H groups in total. The third kappa shape index (κ3) is 1.26. The van der Waals surface area contributed by atoms with E-state index in [4.69, 9.17) is 11.6 Å². The molecule has 1 saturated carbocycles. The van der Waals surface area contributed by atoms with Crippen molar-refractivity contribution in [3.63, 3.8) is 0 Å². The number of aliphatic hydroxyl groups excluding tert-OH is 1. The zero-order valence-electron chi connectivity index (χ0n) is 7.63. The predicted octanol–water partition coefficient (Wildman–Crippen LogP) is 3.15. The first-order valence-corrected chi connectivity index (χ1v) is 4.81. The highest BCUT2D eigenvalue weighted by molar-refractivity contribution is 6.32. The van der Waals surface area contributed by atoms with E-state index >= 15 is 0 Å². The van der Waals surface area contributed by atoms with Gasteiger partial charge in [-0.15, -0.1) is 0 Å². The fourth-order valence-electron chi connectivity index (χ4n) is 1.68. The average molecular weight is 211 g/mol. The molecule has 0 aliphatic heterocycles. The van der Waals surface area contributed by atoms with Crippen LogP contribution >= 0.6 is 11.6 Å². The molecule has 0 bridgehead atoms. The molecular formula is C11H11ClO2. The van der Waals surface area contributed by atoms with Gasteiger partial charge in [-0.3, -0.25) is 0 Å². The van der Waals surface area contributed by atoms with Crippen molar-refractivity contribution in [3.8, 4) is 5.75 Å². The first kappa shape index (κ1) is 9.41. The molecule has 74 valence electrons. The van der Waals surface area contributed by atoms with Crippen molar-refractivity contribution in [1.82, 2.24) is 0 Å². The fourth-order valence-corrected chi connectivity index (χ4v) is 1.80. The molecule has 0 amide bonds. The van der Waals surface area contributed by atoms with Gasteiger partial charge < -0.3 is 10.2 Å². The number of hydrogen-bond donors (Lipinski definition) is 2. The zero-order chi connectivity index (χ0) is 10.3. The standard InChI is InChI=1S/C11H11ClO2/c1-7(13)11(4-5-11)8-2-3-9(12)10(14)6-8/h2-3,6,13-14H,1,4-5H2. The molecule has 3 heteroatoms. The Bertz CT molecular complexity index is 394. The lowest BCUT2D eigenvalue weighted by atomic mass is 9.94. The summed E-state index contributed by atoms with van der Waals surface area (Å²) in [6, 6.07) is 5.04. The molecule has 1 aromatic rings. The number of halogens is 1. The highest BCUT2D eigenvalue weighted by atomic mass is 35.5. The van der Waals surface area contributed by atoms with Crippen LogP contribution in [-0.2, 0) is 5.41 Å². The summed E-state index contributed by atoms with van der Waals surface area (Å²) in [6.45, 7) is 3.56. The molecule has 0 radical (unpaired) electrons. The summed E-state index contributed by atoms with van der Waals surface area (Å²) in [5, 5.41) is 19.2. The summed E-state index contributed by atoms with van der Waals surface area (Å²) in [6.07, 6.45) is 1.76. The van der Waals surface area contributed by atoms with Crippen LogP contribution in [0, 0.1) is 0 Å². The highest BCUT2D eigenvalue weighted by Gasteiger charge is 2.47. The Kier molecular flexibility index (Phi) is 1.96. The van der Waals surface area contributed by atoms with E-state index in [9.17, 15) is 10.2 Å². The second kappa shape index (κ2) is 2.92. The molecule has 0 heterocycles. The van der Waals surface area contributed by atoms with Gasteiger partial charge in [-0.25, -0.2) is 0 Å². The summed E-state index contributed by atoms with van der Waals surface area (Å²) in [7, 11) is 0. The number of aliphatic hydroxyl groups is 1.